The Morgan fingerprint density at radius 3 is 2.87 bits per heavy atom. The quantitative estimate of drug-likeness (QED) is 0.603. The molecule has 0 atom stereocenters. The van der Waals surface area contributed by atoms with Crippen molar-refractivity contribution in [3.63, 3.8) is 0 Å². The van der Waals surface area contributed by atoms with Gasteiger partial charge >= 0.3 is 0 Å². The van der Waals surface area contributed by atoms with Crippen LogP contribution in [0.25, 0.3) is 33.5 Å². The number of ether oxygens (including phenoxy) is 1. The SMILES string of the molecule is COc1ccc2nc(-c3cc(-c4cnoc4)cnc3N)[nH]c2c1. The molecule has 3 heterocycles. The number of hydrogen-bond acceptors (Lipinski definition) is 6. The first-order chi connectivity index (χ1) is 11.2. The molecule has 4 rings (SSSR count). The van der Waals surface area contributed by atoms with Crippen LogP contribution >= 0.6 is 0 Å². The van der Waals surface area contributed by atoms with E-state index < -0.39 is 0 Å². The van der Waals surface area contributed by atoms with Crippen LogP contribution in [0.3, 0.4) is 0 Å². The Morgan fingerprint density at radius 1 is 1.17 bits per heavy atom. The van der Waals surface area contributed by atoms with Gasteiger partial charge in [-0.3, -0.25) is 0 Å². The summed E-state index contributed by atoms with van der Waals surface area (Å²) in [6.45, 7) is 0. The van der Waals surface area contributed by atoms with Gasteiger partial charge in [-0.25, -0.2) is 9.97 Å². The molecule has 0 spiro atoms. The number of aromatic amines is 1. The van der Waals surface area contributed by atoms with E-state index in [2.05, 4.69) is 20.1 Å². The van der Waals surface area contributed by atoms with Crippen molar-refractivity contribution >= 4 is 16.9 Å². The number of H-pyrrole nitrogens is 1. The average molecular weight is 307 g/mol. The van der Waals surface area contributed by atoms with E-state index >= 15 is 0 Å². The van der Waals surface area contributed by atoms with Gasteiger partial charge in [0.2, 0.25) is 0 Å². The normalized spacial score (nSPS) is 11.0. The second-order valence-electron chi connectivity index (χ2n) is 5.04. The van der Waals surface area contributed by atoms with Crippen molar-refractivity contribution in [1.82, 2.24) is 20.1 Å². The van der Waals surface area contributed by atoms with Gasteiger partial charge in [-0.05, 0) is 18.2 Å². The molecule has 0 bridgehead atoms. The molecule has 0 saturated carbocycles. The number of methoxy groups -OCH3 is 1. The molecule has 7 heteroatoms. The van der Waals surface area contributed by atoms with Crippen molar-refractivity contribution in [2.45, 2.75) is 0 Å². The first-order valence-corrected chi connectivity index (χ1v) is 6.94. The minimum absolute atomic E-state index is 0.399. The summed E-state index contributed by atoms with van der Waals surface area (Å²) in [6, 6.07) is 7.55. The van der Waals surface area contributed by atoms with E-state index in [0.29, 0.717) is 11.6 Å². The van der Waals surface area contributed by atoms with Gasteiger partial charge in [0.25, 0.3) is 0 Å². The van der Waals surface area contributed by atoms with Crippen molar-refractivity contribution in [3.8, 4) is 28.3 Å². The van der Waals surface area contributed by atoms with Gasteiger partial charge in [0.1, 0.15) is 23.7 Å². The lowest BCUT2D eigenvalue weighted by atomic mass is 10.1. The van der Waals surface area contributed by atoms with Crippen LogP contribution in [-0.4, -0.2) is 27.2 Å². The third-order valence-electron chi connectivity index (χ3n) is 3.63. The van der Waals surface area contributed by atoms with Crippen molar-refractivity contribution < 1.29 is 9.26 Å². The molecule has 7 nitrogen and oxygen atoms in total. The molecule has 0 saturated heterocycles. The lowest BCUT2D eigenvalue weighted by molar-refractivity contribution is 0.415. The van der Waals surface area contributed by atoms with E-state index in [0.717, 1.165) is 33.5 Å². The van der Waals surface area contributed by atoms with E-state index in [4.69, 9.17) is 15.0 Å². The zero-order chi connectivity index (χ0) is 15.8. The number of aromatic nitrogens is 4. The fourth-order valence-electron chi connectivity index (χ4n) is 2.41. The summed E-state index contributed by atoms with van der Waals surface area (Å²) < 4.78 is 10.1. The smallest absolute Gasteiger partial charge is 0.142 e. The van der Waals surface area contributed by atoms with Gasteiger partial charge in [-0.1, -0.05) is 5.16 Å². The Kier molecular flexibility index (Phi) is 2.97. The predicted molar refractivity (Wildman–Crippen MR) is 85.8 cm³/mol. The Hall–Kier alpha value is -3.35. The number of pyridine rings is 1. The first-order valence-electron chi connectivity index (χ1n) is 6.94. The Labute approximate surface area is 131 Å². The van der Waals surface area contributed by atoms with Crippen LogP contribution < -0.4 is 10.5 Å². The van der Waals surface area contributed by atoms with Crippen LogP contribution in [0.2, 0.25) is 0 Å². The van der Waals surface area contributed by atoms with Crippen molar-refractivity contribution in [2.75, 3.05) is 12.8 Å². The Morgan fingerprint density at radius 2 is 2.09 bits per heavy atom. The number of nitrogens with two attached hydrogens (primary N) is 1. The highest BCUT2D eigenvalue weighted by molar-refractivity contribution is 5.84. The molecule has 114 valence electrons. The van der Waals surface area contributed by atoms with E-state index in [9.17, 15) is 0 Å². The number of hydrogen-bond donors (Lipinski definition) is 2. The second kappa shape index (κ2) is 5.13. The molecule has 0 unspecified atom stereocenters. The summed E-state index contributed by atoms with van der Waals surface area (Å²) in [4.78, 5) is 12.1. The summed E-state index contributed by atoms with van der Waals surface area (Å²) in [5.74, 6) is 1.81. The molecule has 3 aromatic heterocycles. The van der Waals surface area contributed by atoms with Crippen molar-refractivity contribution in [3.05, 3.63) is 42.9 Å². The summed E-state index contributed by atoms with van der Waals surface area (Å²) in [5, 5.41) is 3.71. The fourth-order valence-corrected chi connectivity index (χ4v) is 2.41. The number of nitrogen functional groups attached to an aromatic ring is 1. The number of nitrogens with zero attached hydrogens (tertiary/aromatic N) is 3. The van der Waals surface area contributed by atoms with Crippen LogP contribution in [0.15, 0.2) is 47.4 Å². The van der Waals surface area contributed by atoms with Crippen LogP contribution in [-0.2, 0) is 0 Å². The Bertz CT molecular complexity index is 975. The monoisotopic (exact) mass is 307 g/mol. The summed E-state index contributed by atoms with van der Waals surface area (Å²) >= 11 is 0. The van der Waals surface area contributed by atoms with Crippen LogP contribution in [0.1, 0.15) is 0 Å². The standard InChI is InChI=1S/C16H13N5O2/c1-22-11-2-3-13-14(5-11)21-16(20-13)12-4-9(6-18-15(12)17)10-7-19-23-8-10/h2-8H,1H3,(H2,17,18)(H,20,21). The molecule has 4 aromatic rings. The largest absolute Gasteiger partial charge is 0.497 e. The van der Waals surface area contributed by atoms with Gasteiger partial charge < -0.3 is 20.0 Å². The van der Waals surface area contributed by atoms with Gasteiger partial charge in [0.15, 0.2) is 0 Å². The highest BCUT2D eigenvalue weighted by Crippen LogP contribution is 2.30. The van der Waals surface area contributed by atoms with E-state index in [1.54, 1.807) is 25.8 Å². The molecular weight excluding hydrogens is 294 g/mol. The van der Waals surface area contributed by atoms with Gasteiger partial charge in [0, 0.05) is 23.4 Å². The first kappa shape index (κ1) is 13.3. The number of benzene rings is 1. The van der Waals surface area contributed by atoms with E-state index in [1.165, 1.54) is 0 Å². The number of fused-ring (bicyclic) bond motifs is 1. The topological polar surface area (TPSA) is 103 Å². The van der Waals surface area contributed by atoms with Crippen molar-refractivity contribution in [2.24, 2.45) is 0 Å². The number of anilines is 1. The van der Waals surface area contributed by atoms with Gasteiger partial charge in [-0.15, -0.1) is 0 Å². The molecule has 0 aliphatic carbocycles. The summed E-state index contributed by atoms with van der Waals surface area (Å²) in [7, 11) is 1.63. The maximum Gasteiger partial charge on any atom is 0.142 e. The third kappa shape index (κ3) is 2.28. The third-order valence-corrected chi connectivity index (χ3v) is 3.63. The number of imidazole rings is 1. The molecule has 0 amide bonds. The molecule has 0 aliphatic heterocycles. The van der Waals surface area contributed by atoms with E-state index in [1.807, 2.05) is 24.3 Å². The summed E-state index contributed by atoms with van der Waals surface area (Å²) in [5.41, 5.74) is 10.1. The molecular formula is C16H13N5O2. The van der Waals surface area contributed by atoms with Crippen LogP contribution in [0, 0.1) is 0 Å². The minimum Gasteiger partial charge on any atom is -0.497 e. The van der Waals surface area contributed by atoms with Crippen LogP contribution in [0.5, 0.6) is 5.75 Å². The predicted octanol–water partition coefficient (Wildman–Crippen LogP) is 2.87. The molecule has 0 radical (unpaired) electrons. The highest BCUT2D eigenvalue weighted by Gasteiger charge is 2.12. The minimum atomic E-state index is 0.399. The highest BCUT2D eigenvalue weighted by atomic mass is 16.5. The molecule has 1 aromatic carbocycles. The molecule has 0 fully saturated rings. The maximum atomic E-state index is 6.02. The zero-order valence-corrected chi connectivity index (χ0v) is 12.3. The number of nitrogens with one attached hydrogen (secondary N) is 1. The molecule has 23 heavy (non-hydrogen) atoms. The number of rotatable bonds is 3. The molecule has 0 aliphatic rings. The average Bonchev–Trinajstić information content (AvgIpc) is 3.24. The molecule has 3 N–H and O–H groups in total. The van der Waals surface area contributed by atoms with E-state index in [-0.39, 0.29) is 0 Å². The maximum absolute atomic E-state index is 6.02. The van der Waals surface area contributed by atoms with Gasteiger partial charge in [0.05, 0.1) is 29.9 Å². The Balaban J connectivity index is 1.85. The second-order valence-corrected chi connectivity index (χ2v) is 5.04. The van der Waals surface area contributed by atoms with Crippen LogP contribution in [0.4, 0.5) is 5.82 Å². The van der Waals surface area contributed by atoms with Gasteiger partial charge in [-0.2, -0.15) is 0 Å². The zero-order valence-electron chi connectivity index (χ0n) is 12.3. The fraction of sp³-hybridized carbons (Fsp3) is 0.0625. The van der Waals surface area contributed by atoms with Crippen molar-refractivity contribution in [1.29, 1.82) is 0 Å². The summed E-state index contributed by atoms with van der Waals surface area (Å²) in [6.07, 6.45) is 4.86. The lowest BCUT2D eigenvalue weighted by Crippen LogP contribution is -1.95. The lowest BCUT2D eigenvalue weighted by Gasteiger charge is -2.04.